The lowest BCUT2D eigenvalue weighted by Gasteiger charge is -2.32. The van der Waals surface area contributed by atoms with Crippen molar-refractivity contribution in [3.8, 4) is 0 Å². The zero-order valence-corrected chi connectivity index (χ0v) is 14.0. The average Bonchev–Trinajstić information content (AvgIpc) is 3.10. The van der Waals surface area contributed by atoms with Gasteiger partial charge in [-0.25, -0.2) is 4.68 Å². The van der Waals surface area contributed by atoms with Crippen molar-refractivity contribution in [3.63, 3.8) is 0 Å². The molecule has 1 aromatic heterocycles. The molecule has 0 unspecified atom stereocenters. The monoisotopic (exact) mass is 332 g/mol. The van der Waals surface area contributed by atoms with Crippen LogP contribution in [0.3, 0.4) is 0 Å². The van der Waals surface area contributed by atoms with Crippen LogP contribution in [0, 0.1) is 6.92 Å². The van der Waals surface area contributed by atoms with Gasteiger partial charge in [-0.15, -0.1) is 5.10 Å². The summed E-state index contributed by atoms with van der Waals surface area (Å²) in [5, 5.41) is 8.68. The van der Waals surface area contributed by atoms with Crippen LogP contribution in [0.1, 0.15) is 36.4 Å². The van der Waals surface area contributed by atoms with Gasteiger partial charge in [-0.2, -0.15) is 0 Å². The molecule has 3 rings (SSSR count). The molecule has 0 atom stereocenters. The number of likely N-dealkylation sites (tertiary alicyclic amines) is 1. The maximum atomic E-state index is 12.4. The molecule has 0 bridgehead atoms. The van der Waals surface area contributed by atoms with E-state index >= 15 is 0 Å². The molecule has 0 radical (unpaired) electrons. The normalized spacial score (nSPS) is 15.8. The molecule has 0 saturated carbocycles. The standard InChI is InChI=1S/C17H21ClN4O/c1-13-12-14(2-4-16(13)18)3-5-17(23)21-9-6-15(7-10-21)22-11-8-19-20-22/h2,4,8,11-12,15H,3,5-7,9-10H2,1H3. The maximum absolute atomic E-state index is 12.4. The van der Waals surface area contributed by atoms with Crippen LogP contribution in [-0.4, -0.2) is 38.9 Å². The minimum Gasteiger partial charge on any atom is -0.343 e. The summed E-state index contributed by atoms with van der Waals surface area (Å²) in [5.41, 5.74) is 2.23. The number of carbonyl (C=O) groups excluding carboxylic acids is 1. The summed E-state index contributed by atoms with van der Waals surface area (Å²) < 4.78 is 1.90. The highest BCUT2D eigenvalue weighted by Crippen LogP contribution is 2.22. The van der Waals surface area contributed by atoms with Gasteiger partial charge >= 0.3 is 0 Å². The van der Waals surface area contributed by atoms with Crippen LogP contribution in [0.25, 0.3) is 0 Å². The largest absolute Gasteiger partial charge is 0.343 e. The van der Waals surface area contributed by atoms with Gasteiger partial charge in [-0.05, 0) is 43.4 Å². The van der Waals surface area contributed by atoms with Crippen LogP contribution in [0.4, 0.5) is 0 Å². The Hall–Kier alpha value is -1.88. The highest BCUT2D eigenvalue weighted by atomic mass is 35.5. The van der Waals surface area contributed by atoms with E-state index in [0.717, 1.165) is 48.5 Å². The van der Waals surface area contributed by atoms with Gasteiger partial charge in [-0.3, -0.25) is 4.79 Å². The SMILES string of the molecule is Cc1cc(CCC(=O)N2CCC(n3ccnn3)CC2)ccc1Cl. The zero-order valence-electron chi connectivity index (χ0n) is 13.3. The van der Waals surface area contributed by atoms with E-state index in [9.17, 15) is 4.79 Å². The first-order valence-electron chi connectivity index (χ1n) is 8.02. The number of piperidine rings is 1. The van der Waals surface area contributed by atoms with E-state index in [2.05, 4.69) is 16.4 Å². The van der Waals surface area contributed by atoms with Gasteiger partial charge in [0.05, 0.1) is 12.2 Å². The van der Waals surface area contributed by atoms with Crippen LogP contribution in [-0.2, 0) is 11.2 Å². The van der Waals surface area contributed by atoms with Crippen molar-refractivity contribution in [2.75, 3.05) is 13.1 Å². The van der Waals surface area contributed by atoms with Crippen LogP contribution in [0.2, 0.25) is 5.02 Å². The van der Waals surface area contributed by atoms with Crippen LogP contribution >= 0.6 is 11.6 Å². The van der Waals surface area contributed by atoms with Crippen molar-refractivity contribution in [3.05, 3.63) is 46.7 Å². The number of aryl methyl sites for hydroxylation is 2. The summed E-state index contributed by atoms with van der Waals surface area (Å²) in [7, 11) is 0. The van der Waals surface area contributed by atoms with Gasteiger partial charge in [0.2, 0.25) is 5.91 Å². The molecule has 1 aliphatic heterocycles. The summed E-state index contributed by atoms with van der Waals surface area (Å²) in [6.45, 7) is 3.58. The maximum Gasteiger partial charge on any atom is 0.222 e. The summed E-state index contributed by atoms with van der Waals surface area (Å²) in [6.07, 6.45) is 6.79. The Labute approximate surface area is 141 Å². The number of halogens is 1. The minimum atomic E-state index is 0.231. The quantitative estimate of drug-likeness (QED) is 0.864. The predicted molar refractivity (Wildman–Crippen MR) is 89.4 cm³/mol. The molecule has 1 aliphatic rings. The molecule has 1 amide bonds. The number of amides is 1. The van der Waals surface area contributed by atoms with E-state index in [1.807, 2.05) is 34.8 Å². The fourth-order valence-corrected chi connectivity index (χ4v) is 3.18. The number of carbonyl (C=O) groups is 1. The lowest BCUT2D eigenvalue weighted by atomic mass is 10.0. The Bertz CT molecular complexity index is 663. The molecular formula is C17H21ClN4O. The van der Waals surface area contributed by atoms with Gasteiger partial charge in [0.1, 0.15) is 0 Å². The molecular weight excluding hydrogens is 312 g/mol. The highest BCUT2D eigenvalue weighted by Gasteiger charge is 2.23. The van der Waals surface area contributed by atoms with Gasteiger partial charge < -0.3 is 4.90 Å². The molecule has 0 aliphatic carbocycles. The molecule has 1 saturated heterocycles. The topological polar surface area (TPSA) is 51.0 Å². The molecule has 1 fully saturated rings. The van der Waals surface area contributed by atoms with Crippen molar-refractivity contribution < 1.29 is 4.79 Å². The number of aromatic nitrogens is 3. The van der Waals surface area contributed by atoms with E-state index in [1.165, 1.54) is 0 Å². The Morgan fingerprint density at radius 1 is 1.35 bits per heavy atom. The number of benzene rings is 1. The second-order valence-electron chi connectivity index (χ2n) is 6.08. The third kappa shape index (κ3) is 3.91. The molecule has 2 heterocycles. The van der Waals surface area contributed by atoms with Crippen LogP contribution in [0.5, 0.6) is 0 Å². The Balaban J connectivity index is 1.48. The van der Waals surface area contributed by atoms with E-state index in [-0.39, 0.29) is 5.91 Å². The second-order valence-corrected chi connectivity index (χ2v) is 6.49. The first-order chi connectivity index (χ1) is 11.1. The number of nitrogens with zero attached hydrogens (tertiary/aromatic N) is 4. The van der Waals surface area contributed by atoms with Crippen molar-refractivity contribution in [2.24, 2.45) is 0 Å². The number of hydrogen-bond acceptors (Lipinski definition) is 3. The Morgan fingerprint density at radius 3 is 2.78 bits per heavy atom. The van der Waals surface area contributed by atoms with Crippen LogP contribution in [0.15, 0.2) is 30.6 Å². The lowest BCUT2D eigenvalue weighted by molar-refractivity contribution is -0.132. The van der Waals surface area contributed by atoms with E-state index in [1.54, 1.807) is 6.20 Å². The van der Waals surface area contributed by atoms with Gasteiger partial charge in [0, 0.05) is 30.7 Å². The number of hydrogen-bond donors (Lipinski definition) is 0. The molecule has 6 heteroatoms. The van der Waals surface area contributed by atoms with E-state index < -0.39 is 0 Å². The van der Waals surface area contributed by atoms with E-state index in [0.29, 0.717) is 12.5 Å². The summed E-state index contributed by atoms with van der Waals surface area (Å²) >= 11 is 6.03. The first kappa shape index (κ1) is 16.0. The van der Waals surface area contributed by atoms with Crippen molar-refractivity contribution in [2.45, 2.75) is 38.6 Å². The molecule has 0 spiro atoms. The molecule has 2 aromatic rings. The van der Waals surface area contributed by atoms with Crippen molar-refractivity contribution >= 4 is 17.5 Å². The lowest BCUT2D eigenvalue weighted by Crippen LogP contribution is -2.39. The minimum absolute atomic E-state index is 0.231. The van der Waals surface area contributed by atoms with Crippen molar-refractivity contribution in [1.82, 2.24) is 19.9 Å². The van der Waals surface area contributed by atoms with Gasteiger partial charge in [0.25, 0.3) is 0 Å². The summed E-state index contributed by atoms with van der Waals surface area (Å²) in [6, 6.07) is 6.33. The fraction of sp³-hybridized carbons (Fsp3) is 0.471. The summed E-state index contributed by atoms with van der Waals surface area (Å²) in [5.74, 6) is 0.231. The molecule has 23 heavy (non-hydrogen) atoms. The predicted octanol–water partition coefficient (Wildman–Crippen LogP) is 3.04. The first-order valence-corrected chi connectivity index (χ1v) is 8.40. The molecule has 1 aromatic carbocycles. The smallest absolute Gasteiger partial charge is 0.222 e. The highest BCUT2D eigenvalue weighted by molar-refractivity contribution is 6.31. The second kappa shape index (κ2) is 7.13. The summed E-state index contributed by atoms with van der Waals surface area (Å²) in [4.78, 5) is 14.4. The van der Waals surface area contributed by atoms with Gasteiger partial charge in [-0.1, -0.05) is 28.9 Å². The molecule has 122 valence electrons. The Morgan fingerprint density at radius 2 is 2.13 bits per heavy atom. The third-order valence-electron chi connectivity index (χ3n) is 4.48. The third-order valence-corrected chi connectivity index (χ3v) is 4.91. The number of rotatable bonds is 4. The Kier molecular flexibility index (Phi) is 4.96. The van der Waals surface area contributed by atoms with Crippen molar-refractivity contribution in [1.29, 1.82) is 0 Å². The molecule has 0 N–H and O–H groups in total. The van der Waals surface area contributed by atoms with Gasteiger partial charge in [0.15, 0.2) is 0 Å². The van der Waals surface area contributed by atoms with Crippen LogP contribution < -0.4 is 0 Å². The zero-order chi connectivity index (χ0) is 16.2. The van der Waals surface area contributed by atoms with E-state index in [4.69, 9.17) is 11.6 Å². The fourth-order valence-electron chi connectivity index (χ4n) is 3.06. The molecule has 5 nitrogen and oxygen atoms in total. The average molecular weight is 333 g/mol.